The number of hydrogen-bond acceptors (Lipinski definition) is 1. The molecule has 0 N–H and O–H groups in total. The average molecular weight is 285 g/mol. The van der Waals surface area contributed by atoms with Crippen molar-refractivity contribution in [3.05, 3.63) is 41.5 Å². The van der Waals surface area contributed by atoms with E-state index in [1.165, 1.54) is 12.0 Å². The fraction of sp³-hybridized carbons (Fsp3) is 0.526. The summed E-state index contributed by atoms with van der Waals surface area (Å²) in [5.74, 6) is 0.706. The summed E-state index contributed by atoms with van der Waals surface area (Å²) < 4.78 is 0. The van der Waals surface area contributed by atoms with Crippen LogP contribution in [0, 0.1) is 0 Å². The summed E-state index contributed by atoms with van der Waals surface area (Å²) in [6.45, 7) is 7.46. The molecule has 0 aromatic heterocycles. The predicted octanol–water partition coefficient (Wildman–Crippen LogP) is 4.61. The highest BCUT2D eigenvalue weighted by Gasteiger charge is 2.23. The Hall–Kier alpha value is -1.57. The summed E-state index contributed by atoms with van der Waals surface area (Å²) in [5.41, 5.74) is 2.43. The molecule has 0 radical (unpaired) electrons. The Morgan fingerprint density at radius 2 is 2.00 bits per heavy atom. The van der Waals surface area contributed by atoms with E-state index in [-0.39, 0.29) is 5.91 Å². The first-order chi connectivity index (χ1) is 10.1. The highest BCUT2D eigenvalue weighted by atomic mass is 16.2. The van der Waals surface area contributed by atoms with Crippen LogP contribution in [-0.4, -0.2) is 23.4 Å². The average Bonchev–Trinajstić information content (AvgIpc) is 2.52. The maximum absolute atomic E-state index is 12.4. The number of carbonyl (C=O) groups is 1. The molecule has 1 aliphatic rings. The maximum atomic E-state index is 12.4. The topological polar surface area (TPSA) is 20.3 Å². The fourth-order valence-corrected chi connectivity index (χ4v) is 2.97. The number of benzene rings is 1. The Labute approximate surface area is 128 Å². The lowest BCUT2D eigenvalue weighted by Crippen LogP contribution is -2.42. The quantitative estimate of drug-likeness (QED) is 0.739. The number of amides is 1. The van der Waals surface area contributed by atoms with Gasteiger partial charge >= 0.3 is 0 Å². The molecular formula is C19H27NO. The third kappa shape index (κ3) is 4.20. The van der Waals surface area contributed by atoms with Crippen LogP contribution in [0.2, 0.25) is 0 Å². The Morgan fingerprint density at radius 1 is 1.29 bits per heavy atom. The van der Waals surface area contributed by atoms with Crippen molar-refractivity contribution in [2.45, 2.75) is 58.4 Å². The number of nitrogens with zero attached hydrogens (tertiary/aromatic N) is 1. The molecule has 1 heterocycles. The van der Waals surface area contributed by atoms with Crippen LogP contribution >= 0.6 is 0 Å². The molecular weight excluding hydrogens is 258 g/mol. The number of piperidine rings is 1. The van der Waals surface area contributed by atoms with Crippen LogP contribution in [-0.2, 0) is 4.79 Å². The molecule has 0 aliphatic carbocycles. The van der Waals surface area contributed by atoms with Gasteiger partial charge in [-0.1, -0.05) is 45.0 Å². The van der Waals surface area contributed by atoms with Gasteiger partial charge in [-0.3, -0.25) is 4.79 Å². The summed E-state index contributed by atoms with van der Waals surface area (Å²) in [7, 11) is 0. The van der Waals surface area contributed by atoms with E-state index in [1.54, 1.807) is 6.08 Å². The van der Waals surface area contributed by atoms with E-state index in [2.05, 4.69) is 45.0 Å². The zero-order valence-electron chi connectivity index (χ0n) is 13.5. The lowest BCUT2D eigenvalue weighted by molar-refractivity contribution is -0.129. The van der Waals surface area contributed by atoms with Gasteiger partial charge in [-0.15, -0.1) is 0 Å². The molecule has 0 spiro atoms. The molecule has 1 aromatic carbocycles. The number of hydrogen-bond donors (Lipinski definition) is 0. The van der Waals surface area contributed by atoms with E-state index < -0.39 is 0 Å². The first-order valence-electron chi connectivity index (χ1n) is 8.20. The summed E-state index contributed by atoms with van der Waals surface area (Å²) >= 11 is 0. The third-order valence-corrected chi connectivity index (χ3v) is 4.40. The zero-order valence-corrected chi connectivity index (χ0v) is 13.5. The molecule has 0 bridgehead atoms. The van der Waals surface area contributed by atoms with Gasteiger partial charge in [0.1, 0.15) is 0 Å². The molecule has 1 aromatic rings. The molecule has 21 heavy (non-hydrogen) atoms. The SMILES string of the molecule is CCC1CCCCN1C(=O)/C=C/c1ccc(C(C)C)cc1. The predicted molar refractivity (Wildman–Crippen MR) is 89.2 cm³/mol. The fourth-order valence-electron chi connectivity index (χ4n) is 2.97. The molecule has 1 fully saturated rings. The van der Waals surface area contributed by atoms with Gasteiger partial charge in [-0.2, -0.15) is 0 Å². The van der Waals surface area contributed by atoms with Crippen molar-refractivity contribution in [2.24, 2.45) is 0 Å². The maximum Gasteiger partial charge on any atom is 0.246 e. The summed E-state index contributed by atoms with van der Waals surface area (Å²) in [5, 5.41) is 0. The van der Waals surface area contributed by atoms with Gasteiger partial charge < -0.3 is 4.90 Å². The lowest BCUT2D eigenvalue weighted by Gasteiger charge is -2.34. The van der Waals surface area contributed by atoms with E-state index in [0.29, 0.717) is 12.0 Å². The molecule has 1 saturated heterocycles. The van der Waals surface area contributed by atoms with Crippen LogP contribution < -0.4 is 0 Å². The number of likely N-dealkylation sites (tertiary alicyclic amines) is 1. The summed E-state index contributed by atoms with van der Waals surface area (Å²) in [6.07, 6.45) is 8.27. The molecule has 2 nitrogen and oxygen atoms in total. The van der Waals surface area contributed by atoms with E-state index in [0.717, 1.165) is 31.4 Å². The van der Waals surface area contributed by atoms with Gasteiger partial charge in [0.05, 0.1) is 0 Å². The molecule has 1 aliphatic heterocycles. The second-order valence-electron chi connectivity index (χ2n) is 6.24. The van der Waals surface area contributed by atoms with E-state index in [9.17, 15) is 4.79 Å². The van der Waals surface area contributed by atoms with E-state index >= 15 is 0 Å². The van der Waals surface area contributed by atoms with Crippen LogP contribution in [0.25, 0.3) is 6.08 Å². The molecule has 1 atom stereocenters. The van der Waals surface area contributed by atoms with Crippen molar-refractivity contribution in [1.29, 1.82) is 0 Å². The van der Waals surface area contributed by atoms with Crippen LogP contribution in [0.4, 0.5) is 0 Å². The Morgan fingerprint density at radius 3 is 2.62 bits per heavy atom. The van der Waals surface area contributed by atoms with E-state index in [1.807, 2.05) is 11.0 Å². The third-order valence-electron chi connectivity index (χ3n) is 4.40. The molecule has 2 heteroatoms. The largest absolute Gasteiger partial charge is 0.336 e. The molecule has 0 saturated carbocycles. The van der Waals surface area contributed by atoms with Gasteiger partial charge in [0.25, 0.3) is 0 Å². The molecule has 1 unspecified atom stereocenters. The summed E-state index contributed by atoms with van der Waals surface area (Å²) in [6, 6.07) is 8.90. The van der Waals surface area contributed by atoms with Crippen molar-refractivity contribution in [3.63, 3.8) is 0 Å². The van der Waals surface area contributed by atoms with Crippen LogP contribution in [0.15, 0.2) is 30.3 Å². The van der Waals surface area contributed by atoms with Gasteiger partial charge in [0, 0.05) is 18.7 Å². The molecule has 1 amide bonds. The first kappa shape index (κ1) is 15.8. The van der Waals surface area contributed by atoms with Crippen molar-refractivity contribution in [2.75, 3.05) is 6.54 Å². The minimum absolute atomic E-state index is 0.162. The van der Waals surface area contributed by atoms with Gasteiger partial charge in [-0.05, 0) is 48.8 Å². The van der Waals surface area contributed by atoms with Crippen molar-refractivity contribution < 1.29 is 4.79 Å². The van der Waals surface area contributed by atoms with Crippen molar-refractivity contribution in [1.82, 2.24) is 4.90 Å². The van der Waals surface area contributed by atoms with Crippen molar-refractivity contribution in [3.8, 4) is 0 Å². The number of carbonyl (C=O) groups excluding carboxylic acids is 1. The Balaban J connectivity index is 2.00. The Bertz CT molecular complexity index is 487. The van der Waals surface area contributed by atoms with Crippen LogP contribution in [0.5, 0.6) is 0 Å². The molecule has 2 rings (SSSR count). The Kier molecular flexibility index (Phi) is 5.60. The van der Waals surface area contributed by atoms with Crippen LogP contribution in [0.3, 0.4) is 0 Å². The minimum Gasteiger partial charge on any atom is -0.336 e. The normalized spacial score (nSPS) is 19.4. The first-order valence-corrected chi connectivity index (χ1v) is 8.20. The second-order valence-corrected chi connectivity index (χ2v) is 6.24. The molecule has 114 valence electrons. The van der Waals surface area contributed by atoms with Crippen molar-refractivity contribution >= 4 is 12.0 Å². The minimum atomic E-state index is 0.162. The van der Waals surface area contributed by atoms with Gasteiger partial charge in [0.15, 0.2) is 0 Å². The van der Waals surface area contributed by atoms with Gasteiger partial charge in [0.2, 0.25) is 5.91 Å². The smallest absolute Gasteiger partial charge is 0.246 e. The number of rotatable bonds is 4. The highest BCUT2D eigenvalue weighted by Crippen LogP contribution is 2.20. The standard InChI is InChI=1S/C19H27NO/c1-4-18-7-5-6-14-20(18)19(21)13-10-16-8-11-17(12-9-16)15(2)3/h8-13,15,18H,4-7,14H2,1-3H3/b13-10+. The highest BCUT2D eigenvalue weighted by molar-refractivity contribution is 5.92. The zero-order chi connectivity index (χ0) is 15.2. The monoisotopic (exact) mass is 285 g/mol. The van der Waals surface area contributed by atoms with E-state index in [4.69, 9.17) is 0 Å². The second kappa shape index (κ2) is 7.44. The van der Waals surface area contributed by atoms with Gasteiger partial charge in [-0.25, -0.2) is 0 Å². The van der Waals surface area contributed by atoms with Crippen LogP contribution in [0.1, 0.15) is 63.5 Å². The lowest BCUT2D eigenvalue weighted by atomic mass is 9.99. The summed E-state index contributed by atoms with van der Waals surface area (Å²) in [4.78, 5) is 14.4.